The van der Waals surface area contributed by atoms with Crippen molar-refractivity contribution in [1.82, 2.24) is 5.01 Å². The van der Waals surface area contributed by atoms with Gasteiger partial charge >= 0.3 is 0 Å². The van der Waals surface area contributed by atoms with Gasteiger partial charge in [0.15, 0.2) is 11.5 Å². The number of phenolic OH excluding ortho intramolecular Hbond substituents is 1. The van der Waals surface area contributed by atoms with Gasteiger partial charge in [0.2, 0.25) is 0 Å². The Morgan fingerprint density at radius 2 is 1.90 bits per heavy atom. The lowest BCUT2D eigenvalue weighted by atomic mass is 9.56. The van der Waals surface area contributed by atoms with Crippen molar-refractivity contribution in [3.63, 3.8) is 0 Å². The van der Waals surface area contributed by atoms with Crippen molar-refractivity contribution >= 4 is 40.7 Å². The summed E-state index contributed by atoms with van der Waals surface area (Å²) in [4.78, 5) is 28.8. The highest BCUT2D eigenvalue weighted by Crippen LogP contribution is 2.59. The van der Waals surface area contributed by atoms with Crippen LogP contribution in [0.2, 0.25) is 10.0 Å². The molecule has 0 unspecified atom stereocenters. The molecule has 7 nitrogen and oxygen atoms in total. The minimum absolute atomic E-state index is 0.0944. The average molecular weight is 579 g/mol. The number of ether oxygens (including phenoxy) is 2. The molecule has 1 aliphatic carbocycles. The van der Waals surface area contributed by atoms with E-state index in [4.69, 9.17) is 32.7 Å². The number of carbonyl (C=O) groups is 2. The fourth-order valence-electron chi connectivity index (χ4n) is 5.87. The lowest BCUT2D eigenvalue weighted by molar-refractivity contribution is -0.138. The Morgan fingerprint density at radius 3 is 2.55 bits per heavy atom. The van der Waals surface area contributed by atoms with Crippen molar-refractivity contribution in [2.24, 2.45) is 5.92 Å². The van der Waals surface area contributed by atoms with Crippen LogP contribution in [-0.2, 0) is 15.0 Å². The SMILES string of the molecule is C=CC1=CC[C@H]2C(=O)N(Nc3ccc(Cl)cc3Cl)C(=O)[C@@]2(c2ccc(OC)cc2)[C@H]1c1cccc(OCC)c1O. The lowest BCUT2D eigenvalue weighted by Gasteiger charge is -2.43. The smallest absolute Gasteiger partial charge is 0.260 e. The number of hydrogen-bond donors (Lipinski definition) is 2. The first-order chi connectivity index (χ1) is 19.3. The Bertz CT molecular complexity index is 1520. The predicted molar refractivity (Wildman–Crippen MR) is 155 cm³/mol. The van der Waals surface area contributed by atoms with Crippen molar-refractivity contribution in [2.75, 3.05) is 19.1 Å². The number of hydrazine groups is 1. The first-order valence-corrected chi connectivity index (χ1v) is 13.5. The van der Waals surface area contributed by atoms with Crippen LogP contribution in [-0.4, -0.2) is 35.6 Å². The number of fused-ring (bicyclic) bond motifs is 1. The molecule has 2 amide bonds. The van der Waals surface area contributed by atoms with E-state index in [2.05, 4.69) is 12.0 Å². The standard InChI is InChI=1S/C31H28Cl2N2O5/c1-4-18-9-15-23-29(37)35(34-25-16-12-20(32)17-24(25)33)30(38)31(23,19-10-13-21(39-3)14-11-19)27(18)22-7-6-8-26(28(22)36)40-5-2/h4,6-14,16-17,23,27,34,36H,1,5,15H2,2-3H3/t23-,27+,31+/m0/s1. The Balaban J connectivity index is 1.75. The molecular formula is C31H28Cl2N2O5. The number of nitrogens with zero attached hydrogens (tertiary/aromatic N) is 1. The van der Waals surface area contributed by atoms with Gasteiger partial charge in [0.1, 0.15) is 5.75 Å². The molecule has 206 valence electrons. The van der Waals surface area contributed by atoms with Gasteiger partial charge in [-0.2, -0.15) is 5.01 Å². The third kappa shape index (κ3) is 4.30. The zero-order valence-corrected chi connectivity index (χ0v) is 23.5. The second-order valence-electron chi connectivity index (χ2n) is 9.57. The van der Waals surface area contributed by atoms with Gasteiger partial charge in [0.25, 0.3) is 11.8 Å². The van der Waals surface area contributed by atoms with Gasteiger partial charge in [-0.15, -0.1) is 0 Å². The number of halogens is 2. The zero-order chi connectivity index (χ0) is 28.6. The van der Waals surface area contributed by atoms with Crippen LogP contribution in [0.25, 0.3) is 0 Å². The first-order valence-electron chi connectivity index (χ1n) is 12.8. The molecule has 0 spiro atoms. The van der Waals surface area contributed by atoms with Gasteiger partial charge < -0.3 is 14.6 Å². The largest absolute Gasteiger partial charge is 0.504 e. The molecule has 0 aromatic heterocycles. The molecule has 1 fully saturated rings. The van der Waals surface area contributed by atoms with Gasteiger partial charge in [-0.25, -0.2) is 0 Å². The van der Waals surface area contributed by atoms with E-state index in [1.54, 1.807) is 67.8 Å². The summed E-state index contributed by atoms with van der Waals surface area (Å²) in [5, 5.41) is 13.1. The number of amides is 2. The number of carbonyl (C=O) groups excluding carboxylic acids is 2. The second-order valence-corrected chi connectivity index (χ2v) is 10.4. The highest BCUT2D eigenvalue weighted by atomic mass is 35.5. The molecule has 2 aliphatic rings. The van der Waals surface area contributed by atoms with Crippen LogP contribution < -0.4 is 14.9 Å². The molecule has 2 N–H and O–H groups in total. The summed E-state index contributed by atoms with van der Waals surface area (Å²) in [5.41, 5.74) is 3.62. The number of allylic oxidation sites excluding steroid dienone is 3. The number of benzene rings is 3. The molecular weight excluding hydrogens is 551 g/mol. The normalized spacial score (nSPS) is 22.0. The molecule has 0 radical (unpaired) electrons. The molecule has 40 heavy (non-hydrogen) atoms. The van der Waals surface area contributed by atoms with Crippen molar-refractivity contribution in [1.29, 1.82) is 0 Å². The third-order valence-electron chi connectivity index (χ3n) is 7.61. The number of phenols is 1. The Kier molecular flexibility index (Phi) is 7.53. The predicted octanol–water partition coefficient (Wildman–Crippen LogP) is 6.66. The second kappa shape index (κ2) is 10.9. The van der Waals surface area contributed by atoms with Crippen molar-refractivity contribution in [3.05, 3.63) is 106 Å². The van der Waals surface area contributed by atoms with Gasteiger partial charge in [0.05, 0.1) is 35.8 Å². The van der Waals surface area contributed by atoms with Crippen LogP contribution in [0.4, 0.5) is 5.69 Å². The molecule has 0 saturated carbocycles. The average Bonchev–Trinajstić information content (AvgIpc) is 3.17. The van der Waals surface area contributed by atoms with E-state index in [0.717, 1.165) is 5.01 Å². The van der Waals surface area contributed by atoms with Crippen molar-refractivity contribution in [3.8, 4) is 17.2 Å². The fourth-order valence-corrected chi connectivity index (χ4v) is 6.32. The highest BCUT2D eigenvalue weighted by Gasteiger charge is 2.66. The lowest BCUT2D eigenvalue weighted by Crippen LogP contribution is -2.48. The number of imide groups is 1. The van der Waals surface area contributed by atoms with E-state index >= 15 is 0 Å². The molecule has 3 aromatic rings. The number of anilines is 1. The number of methoxy groups -OCH3 is 1. The van der Waals surface area contributed by atoms with Crippen LogP contribution >= 0.6 is 23.2 Å². The van der Waals surface area contributed by atoms with Gasteiger partial charge in [-0.1, -0.05) is 66.2 Å². The maximum Gasteiger partial charge on any atom is 0.260 e. The number of para-hydroxylation sites is 1. The van der Waals surface area contributed by atoms with E-state index < -0.39 is 29.1 Å². The Hall–Kier alpha value is -3.94. The van der Waals surface area contributed by atoms with Gasteiger partial charge in [-0.05, 0) is 60.9 Å². The van der Waals surface area contributed by atoms with Crippen molar-refractivity contribution in [2.45, 2.75) is 24.7 Å². The fraction of sp³-hybridized carbons (Fsp3) is 0.226. The molecule has 0 bridgehead atoms. The number of nitrogens with one attached hydrogen (secondary N) is 1. The minimum atomic E-state index is -1.43. The topological polar surface area (TPSA) is 88.1 Å². The van der Waals surface area contributed by atoms with Gasteiger partial charge in [0, 0.05) is 16.5 Å². The maximum atomic E-state index is 14.7. The number of aromatic hydroxyl groups is 1. The molecule has 3 aromatic carbocycles. The Labute approximate surface area is 242 Å². The van der Waals surface area contributed by atoms with E-state index in [-0.39, 0.29) is 22.9 Å². The van der Waals surface area contributed by atoms with E-state index in [9.17, 15) is 14.7 Å². The van der Waals surface area contributed by atoms with E-state index in [1.807, 2.05) is 13.0 Å². The number of hydrogen-bond acceptors (Lipinski definition) is 6. The monoisotopic (exact) mass is 578 g/mol. The first kappa shape index (κ1) is 27.6. The summed E-state index contributed by atoms with van der Waals surface area (Å²) in [6.07, 6.45) is 3.86. The maximum absolute atomic E-state index is 14.7. The summed E-state index contributed by atoms with van der Waals surface area (Å²) >= 11 is 12.5. The number of rotatable bonds is 8. The van der Waals surface area contributed by atoms with Crippen LogP contribution in [0.5, 0.6) is 17.2 Å². The third-order valence-corrected chi connectivity index (χ3v) is 8.16. The summed E-state index contributed by atoms with van der Waals surface area (Å²) < 4.78 is 11.0. The zero-order valence-electron chi connectivity index (χ0n) is 22.0. The van der Waals surface area contributed by atoms with Crippen LogP contribution in [0.1, 0.15) is 30.4 Å². The van der Waals surface area contributed by atoms with Crippen molar-refractivity contribution < 1.29 is 24.2 Å². The van der Waals surface area contributed by atoms with E-state index in [1.165, 1.54) is 6.07 Å². The minimum Gasteiger partial charge on any atom is -0.504 e. The summed E-state index contributed by atoms with van der Waals surface area (Å²) in [6.45, 7) is 6.17. The van der Waals surface area contributed by atoms with Crippen LogP contribution in [0, 0.1) is 5.92 Å². The van der Waals surface area contributed by atoms with E-state index in [0.29, 0.717) is 39.8 Å². The molecule has 5 rings (SSSR count). The highest BCUT2D eigenvalue weighted by molar-refractivity contribution is 6.36. The van der Waals surface area contributed by atoms with Gasteiger partial charge in [-0.3, -0.25) is 15.0 Å². The quantitative estimate of drug-likeness (QED) is 0.291. The molecule has 3 atom stereocenters. The summed E-state index contributed by atoms with van der Waals surface area (Å²) in [5.74, 6) is -1.67. The summed E-state index contributed by atoms with van der Waals surface area (Å²) in [6, 6.07) is 17.0. The van der Waals surface area contributed by atoms with Crippen LogP contribution in [0.15, 0.2) is 85.0 Å². The van der Waals surface area contributed by atoms with Crippen LogP contribution in [0.3, 0.4) is 0 Å². The molecule has 9 heteroatoms. The molecule has 1 saturated heterocycles. The Morgan fingerprint density at radius 1 is 1.15 bits per heavy atom. The molecule has 1 aliphatic heterocycles. The summed E-state index contributed by atoms with van der Waals surface area (Å²) in [7, 11) is 1.56. The molecule has 1 heterocycles.